The number of epoxide rings is 1. The summed E-state index contributed by atoms with van der Waals surface area (Å²) in [5.74, 6) is 1.51. The van der Waals surface area contributed by atoms with Crippen molar-refractivity contribution in [3.63, 3.8) is 0 Å². The predicted octanol–water partition coefficient (Wildman–Crippen LogP) is 2.90. The summed E-state index contributed by atoms with van der Waals surface area (Å²) in [6.07, 6.45) is 0.325. The first kappa shape index (κ1) is 10.5. The lowest BCUT2D eigenvalue weighted by Gasteiger charge is -2.14. The van der Waals surface area contributed by atoms with Gasteiger partial charge < -0.3 is 9.47 Å². The van der Waals surface area contributed by atoms with Crippen molar-refractivity contribution in [1.82, 2.24) is 0 Å². The molecule has 1 aliphatic heterocycles. The Morgan fingerprint density at radius 1 is 1.47 bits per heavy atom. The average Bonchev–Trinajstić information content (AvgIpc) is 2.99. The van der Waals surface area contributed by atoms with Gasteiger partial charge in [-0.15, -0.1) is 0 Å². The van der Waals surface area contributed by atoms with Gasteiger partial charge in [0.15, 0.2) is 0 Å². The van der Waals surface area contributed by atoms with E-state index in [1.165, 1.54) is 11.1 Å². The van der Waals surface area contributed by atoms with Crippen molar-refractivity contribution in [3.8, 4) is 5.75 Å². The minimum atomic E-state index is 0.325. The predicted molar refractivity (Wildman–Crippen MR) is 60.5 cm³/mol. The lowest BCUT2D eigenvalue weighted by molar-refractivity contribution is 0.260. The summed E-state index contributed by atoms with van der Waals surface area (Å²) in [4.78, 5) is 0. The average molecular weight is 206 g/mol. The minimum Gasteiger partial charge on any atom is -0.490 e. The molecule has 2 heteroatoms. The Morgan fingerprint density at radius 2 is 2.20 bits per heavy atom. The highest BCUT2D eigenvalue weighted by Crippen LogP contribution is 2.28. The zero-order chi connectivity index (χ0) is 10.8. The maximum atomic E-state index is 5.75. The third-order valence-corrected chi connectivity index (χ3v) is 2.61. The summed E-state index contributed by atoms with van der Waals surface area (Å²) >= 11 is 0. The van der Waals surface area contributed by atoms with E-state index >= 15 is 0 Å². The van der Waals surface area contributed by atoms with E-state index in [-0.39, 0.29) is 0 Å². The van der Waals surface area contributed by atoms with Crippen molar-refractivity contribution in [2.24, 2.45) is 0 Å². The topological polar surface area (TPSA) is 21.8 Å². The van der Waals surface area contributed by atoms with Crippen molar-refractivity contribution in [3.05, 3.63) is 29.3 Å². The van der Waals surface area contributed by atoms with Gasteiger partial charge in [0.1, 0.15) is 18.5 Å². The van der Waals surface area contributed by atoms with E-state index in [0.29, 0.717) is 18.6 Å². The van der Waals surface area contributed by atoms with E-state index < -0.39 is 0 Å². The van der Waals surface area contributed by atoms with Crippen LogP contribution in [0, 0.1) is 6.92 Å². The fourth-order valence-corrected chi connectivity index (χ4v) is 1.60. The summed E-state index contributed by atoms with van der Waals surface area (Å²) in [5, 5.41) is 0. The lowest BCUT2D eigenvalue weighted by atomic mass is 10.00. The Bertz CT molecular complexity index is 340. The van der Waals surface area contributed by atoms with Crippen LogP contribution in [0.3, 0.4) is 0 Å². The Hall–Kier alpha value is -1.02. The third kappa shape index (κ3) is 2.72. The first-order valence-corrected chi connectivity index (χ1v) is 5.52. The summed E-state index contributed by atoms with van der Waals surface area (Å²) in [5.41, 5.74) is 2.57. The van der Waals surface area contributed by atoms with E-state index in [1.807, 2.05) is 0 Å². The molecule has 1 aliphatic rings. The molecule has 1 aromatic rings. The first-order valence-electron chi connectivity index (χ1n) is 5.52. The highest BCUT2D eigenvalue weighted by Gasteiger charge is 2.23. The first-order chi connectivity index (χ1) is 7.16. The largest absolute Gasteiger partial charge is 0.490 e. The molecule has 2 nitrogen and oxygen atoms in total. The summed E-state index contributed by atoms with van der Waals surface area (Å²) in [6.45, 7) is 8.02. The molecule has 0 unspecified atom stereocenters. The number of rotatable bonds is 4. The number of ether oxygens (including phenoxy) is 2. The van der Waals surface area contributed by atoms with Gasteiger partial charge in [0.05, 0.1) is 6.61 Å². The molecule has 1 aromatic carbocycles. The van der Waals surface area contributed by atoms with Crippen LogP contribution in [0.25, 0.3) is 0 Å². The van der Waals surface area contributed by atoms with Crippen molar-refractivity contribution < 1.29 is 9.47 Å². The van der Waals surface area contributed by atoms with Crippen LogP contribution in [0.15, 0.2) is 18.2 Å². The monoisotopic (exact) mass is 206 g/mol. The van der Waals surface area contributed by atoms with Crippen LogP contribution >= 0.6 is 0 Å². The van der Waals surface area contributed by atoms with Crippen molar-refractivity contribution in [2.45, 2.75) is 32.8 Å². The van der Waals surface area contributed by atoms with Crippen LogP contribution in [0.1, 0.15) is 30.9 Å². The standard InChI is InChI=1S/C13H18O2/c1-9(2)12-6-10(3)4-5-13(12)15-8-11-7-14-11/h4-6,9,11H,7-8H2,1-3H3/t11-/m0/s1. The molecule has 1 saturated heterocycles. The molecule has 0 N–H and O–H groups in total. The van der Waals surface area contributed by atoms with E-state index in [2.05, 4.69) is 39.0 Å². The van der Waals surface area contributed by atoms with Gasteiger partial charge in [0.2, 0.25) is 0 Å². The molecular formula is C13H18O2. The zero-order valence-electron chi connectivity index (χ0n) is 9.62. The van der Waals surface area contributed by atoms with Gasteiger partial charge in [-0.2, -0.15) is 0 Å². The summed E-state index contributed by atoms with van der Waals surface area (Å²) in [6, 6.07) is 6.36. The summed E-state index contributed by atoms with van der Waals surface area (Å²) < 4.78 is 10.9. The molecule has 1 atom stereocenters. The highest BCUT2D eigenvalue weighted by molar-refractivity contribution is 5.38. The molecule has 0 saturated carbocycles. The van der Waals surface area contributed by atoms with Gasteiger partial charge in [-0.3, -0.25) is 0 Å². The maximum Gasteiger partial charge on any atom is 0.122 e. The van der Waals surface area contributed by atoms with E-state index in [9.17, 15) is 0 Å². The molecule has 1 fully saturated rings. The highest BCUT2D eigenvalue weighted by atomic mass is 16.6. The molecule has 0 spiro atoms. The fraction of sp³-hybridized carbons (Fsp3) is 0.538. The number of aryl methyl sites for hydroxylation is 1. The second-order valence-electron chi connectivity index (χ2n) is 4.46. The molecule has 2 rings (SSSR count). The van der Waals surface area contributed by atoms with E-state index in [0.717, 1.165) is 12.4 Å². The molecule has 0 aliphatic carbocycles. The van der Waals surface area contributed by atoms with Gasteiger partial charge in [0, 0.05) is 0 Å². The van der Waals surface area contributed by atoms with Crippen molar-refractivity contribution in [1.29, 1.82) is 0 Å². The third-order valence-electron chi connectivity index (χ3n) is 2.61. The Labute approximate surface area is 91.2 Å². The number of hydrogen-bond donors (Lipinski definition) is 0. The molecule has 82 valence electrons. The Balaban J connectivity index is 2.12. The van der Waals surface area contributed by atoms with Crippen LogP contribution in [0.4, 0.5) is 0 Å². The van der Waals surface area contributed by atoms with Crippen LogP contribution in [-0.2, 0) is 4.74 Å². The number of hydrogen-bond acceptors (Lipinski definition) is 2. The molecule has 15 heavy (non-hydrogen) atoms. The molecule has 0 radical (unpaired) electrons. The fourth-order valence-electron chi connectivity index (χ4n) is 1.60. The second-order valence-corrected chi connectivity index (χ2v) is 4.46. The van der Waals surface area contributed by atoms with Gasteiger partial charge in [0.25, 0.3) is 0 Å². The van der Waals surface area contributed by atoms with Gasteiger partial charge >= 0.3 is 0 Å². The Morgan fingerprint density at radius 3 is 2.80 bits per heavy atom. The zero-order valence-corrected chi connectivity index (χ0v) is 9.62. The molecular weight excluding hydrogens is 188 g/mol. The normalized spacial score (nSPS) is 19.3. The van der Waals surface area contributed by atoms with Gasteiger partial charge in [-0.25, -0.2) is 0 Å². The van der Waals surface area contributed by atoms with Crippen LogP contribution < -0.4 is 4.74 Å². The van der Waals surface area contributed by atoms with E-state index in [4.69, 9.17) is 9.47 Å². The van der Waals surface area contributed by atoms with Crippen LogP contribution in [-0.4, -0.2) is 19.3 Å². The maximum absolute atomic E-state index is 5.75. The van der Waals surface area contributed by atoms with Crippen molar-refractivity contribution >= 4 is 0 Å². The van der Waals surface area contributed by atoms with Crippen LogP contribution in [0.2, 0.25) is 0 Å². The smallest absolute Gasteiger partial charge is 0.122 e. The number of benzene rings is 1. The van der Waals surface area contributed by atoms with E-state index in [1.54, 1.807) is 0 Å². The van der Waals surface area contributed by atoms with Gasteiger partial charge in [-0.05, 0) is 24.5 Å². The lowest BCUT2D eigenvalue weighted by Crippen LogP contribution is -2.06. The summed E-state index contributed by atoms with van der Waals surface area (Å²) in [7, 11) is 0. The minimum absolute atomic E-state index is 0.325. The Kier molecular flexibility index (Phi) is 2.96. The van der Waals surface area contributed by atoms with Crippen LogP contribution in [0.5, 0.6) is 5.75 Å². The molecule has 1 heterocycles. The van der Waals surface area contributed by atoms with Crippen molar-refractivity contribution in [2.75, 3.05) is 13.2 Å². The molecule has 0 aromatic heterocycles. The quantitative estimate of drug-likeness (QED) is 0.706. The molecule has 0 amide bonds. The second kappa shape index (κ2) is 4.23. The SMILES string of the molecule is Cc1ccc(OC[C@@H]2CO2)c(C(C)C)c1. The molecule has 0 bridgehead atoms. The van der Waals surface area contributed by atoms with Gasteiger partial charge in [-0.1, -0.05) is 31.5 Å².